The van der Waals surface area contributed by atoms with Gasteiger partial charge in [-0.3, -0.25) is 4.79 Å². The Bertz CT molecular complexity index is 442. The number of ether oxygens (including phenoxy) is 4. The van der Waals surface area contributed by atoms with E-state index < -0.39 is 11.6 Å². The van der Waals surface area contributed by atoms with Crippen LogP contribution in [0.5, 0.6) is 0 Å². The maximum absolute atomic E-state index is 12.0. The molecule has 2 saturated heterocycles. The lowest BCUT2D eigenvalue weighted by Crippen LogP contribution is -2.41. The molecule has 0 bridgehead atoms. The molecule has 2 heterocycles. The predicted molar refractivity (Wildman–Crippen MR) is 90.5 cm³/mol. The van der Waals surface area contributed by atoms with Crippen LogP contribution in [0.1, 0.15) is 61.3 Å². The van der Waals surface area contributed by atoms with Gasteiger partial charge in [0.2, 0.25) is 5.91 Å². The Morgan fingerprint density at radius 1 is 0.833 bits per heavy atom. The number of hydrogen-bond donors (Lipinski definition) is 0. The van der Waals surface area contributed by atoms with Gasteiger partial charge in [-0.1, -0.05) is 0 Å². The molecule has 2 rings (SSSR count). The van der Waals surface area contributed by atoms with E-state index in [1.807, 2.05) is 46.4 Å². The summed E-state index contributed by atoms with van der Waals surface area (Å²) in [6, 6.07) is 0. The molecular weight excluding hydrogens is 310 g/mol. The fraction of sp³-hybridized carbons (Fsp3) is 0.944. The Hall–Kier alpha value is -0.690. The minimum atomic E-state index is -0.552. The predicted octanol–water partition coefficient (Wildman–Crippen LogP) is 2.70. The number of amides is 1. The molecule has 1 amide bonds. The lowest BCUT2D eigenvalue weighted by Gasteiger charge is -2.31. The summed E-state index contributed by atoms with van der Waals surface area (Å²) < 4.78 is 23.3. The van der Waals surface area contributed by atoms with Crippen molar-refractivity contribution in [2.75, 3.05) is 26.3 Å². The Balaban J connectivity index is 1.86. The van der Waals surface area contributed by atoms with E-state index in [4.69, 9.17) is 18.9 Å². The van der Waals surface area contributed by atoms with Crippen LogP contribution in [0.3, 0.4) is 0 Å². The minimum Gasteiger partial charge on any atom is -0.348 e. The number of rotatable bonds is 6. The van der Waals surface area contributed by atoms with Gasteiger partial charge in [0, 0.05) is 20.0 Å². The molecule has 0 aromatic heterocycles. The number of hydrogen-bond acceptors (Lipinski definition) is 5. The second kappa shape index (κ2) is 6.56. The molecule has 0 radical (unpaired) electrons. The second-order valence-corrected chi connectivity index (χ2v) is 8.49. The van der Waals surface area contributed by atoms with Crippen molar-refractivity contribution in [1.29, 1.82) is 0 Å². The quantitative estimate of drug-likeness (QED) is 0.742. The molecule has 0 unspecified atom stereocenters. The molecule has 2 atom stereocenters. The van der Waals surface area contributed by atoms with Crippen molar-refractivity contribution in [2.45, 2.75) is 84.1 Å². The van der Waals surface area contributed by atoms with Gasteiger partial charge in [-0.2, -0.15) is 0 Å². The largest absolute Gasteiger partial charge is 0.348 e. The van der Waals surface area contributed by atoms with Crippen molar-refractivity contribution in [2.24, 2.45) is 0 Å². The lowest BCUT2D eigenvalue weighted by molar-refractivity contribution is -0.161. The maximum atomic E-state index is 12.0. The first-order chi connectivity index (χ1) is 10.8. The van der Waals surface area contributed by atoms with Crippen LogP contribution >= 0.6 is 0 Å². The van der Waals surface area contributed by atoms with Crippen LogP contribution in [-0.4, -0.2) is 59.9 Å². The molecule has 6 heteroatoms. The number of nitrogens with zero attached hydrogens (tertiary/aromatic N) is 1. The molecule has 24 heavy (non-hydrogen) atoms. The highest BCUT2D eigenvalue weighted by Gasteiger charge is 2.43. The SMILES string of the molecule is CC(=O)N(CC[C@@]1(C)COC(C)(C)O1)CC[C@@]1(C)COC(C)(C)O1. The normalized spacial score (nSPS) is 34.5. The van der Waals surface area contributed by atoms with E-state index >= 15 is 0 Å². The standard InChI is InChI=1S/C18H33NO5/c1-14(20)19(10-8-17(6)12-21-15(2,3)23-17)11-9-18(7)13-22-16(4,5)24-18/h8-13H2,1-7H3/t17-,18-/m0/s1. The summed E-state index contributed by atoms with van der Waals surface area (Å²) in [5.41, 5.74) is -0.702. The second-order valence-electron chi connectivity index (χ2n) is 8.49. The van der Waals surface area contributed by atoms with Crippen LogP contribution in [0.2, 0.25) is 0 Å². The van der Waals surface area contributed by atoms with E-state index in [-0.39, 0.29) is 17.1 Å². The molecule has 2 aliphatic heterocycles. The average molecular weight is 343 g/mol. The minimum absolute atomic E-state index is 0.0681. The number of carbonyl (C=O) groups is 1. The monoisotopic (exact) mass is 343 g/mol. The Kier molecular flexibility index (Phi) is 5.36. The fourth-order valence-corrected chi connectivity index (χ4v) is 3.37. The Morgan fingerprint density at radius 3 is 1.46 bits per heavy atom. The van der Waals surface area contributed by atoms with Crippen molar-refractivity contribution in [3.63, 3.8) is 0 Å². The van der Waals surface area contributed by atoms with E-state index in [1.165, 1.54) is 0 Å². The highest BCUT2D eigenvalue weighted by Crippen LogP contribution is 2.34. The molecule has 140 valence electrons. The third-order valence-electron chi connectivity index (χ3n) is 4.70. The van der Waals surface area contributed by atoms with Gasteiger partial charge < -0.3 is 23.8 Å². The lowest BCUT2D eigenvalue weighted by atomic mass is 10.0. The van der Waals surface area contributed by atoms with Gasteiger partial charge in [0.15, 0.2) is 11.6 Å². The van der Waals surface area contributed by atoms with Gasteiger partial charge in [-0.05, 0) is 54.4 Å². The van der Waals surface area contributed by atoms with Gasteiger partial charge in [-0.25, -0.2) is 0 Å². The van der Waals surface area contributed by atoms with Crippen molar-refractivity contribution in [3.05, 3.63) is 0 Å². The zero-order chi connectivity index (χ0) is 18.2. The van der Waals surface area contributed by atoms with Crippen molar-refractivity contribution in [1.82, 2.24) is 4.90 Å². The summed E-state index contributed by atoms with van der Waals surface area (Å²) in [6.45, 7) is 15.7. The van der Waals surface area contributed by atoms with Crippen LogP contribution in [-0.2, 0) is 23.7 Å². The molecule has 2 aliphatic rings. The molecule has 0 aromatic rings. The van der Waals surface area contributed by atoms with Crippen molar-refractivity contribution >= 4 is 5.91 Å². The molecule has 0 spiro atoms. The molecule has 0 aliphatic carbocycles. The first-order valence-electron chi connectivity index (χ1n) is 8.78. The van der Waals surface area contributed by atoms with Crippen molar-refractivity contribution < 1.29 is 23.7 Å². The first kappa shape index (κ1) is 19.6. The van der Waals surface area contributed by atoms with Crippen LogP contribution in [0.15, 0.2) is 0 Å². The van der Waals surface area contributed by atoms with Gasteiger partial charge in [0.05, 0.1) is 24.4 Å². The zero-order valence-corrected chi connectivity index (χ0v) is 16.2. The summed E-state index contributed by atoms with van der Waals surface area (Å²) in [6.07, 6.45) is 1.49. The van der Waals surface area contributed by atoms with Crippen LogP contribution in [0.4, 0.5) is 0 Å². The maximum Gasteiger partial charge on any atom is 0.219 e. The summed E-state index contributed by atoms with van der Waals surface area (Å²) in [7, 11) is 0. The highest BCUT2D eigenvalue weighted by atomic mass is 16.8. The van der Waals surface area contributed by atoms with Crippen LogP contribution < -0.4 is 0 Å². The zero-order valence-electron chi connectivity index (χ0n) is 16.2. The number of carbonyl (C=O) groups excluding carboxylic acids is 1. The topological polar surface area (TPSA) is 57.2 Å². The third-order valence-corrected chi connectivity index (χ3v) is 4.70. The summed E-state index contributed by atoms with van der Waals surface area (Å²) in [4.78, 5) is 13.9. The Morgan fingerprint density at radius 2 is 1.21 bits per heavy atom. The van der Waals surface area contributed by atoms with Gasteiger partial charge in [0.25, 0.3) is 0 Å². The molecule has 2 fully saturated rings. The van der Waals surface area contributed by atoms with E-state index in [2.05, 4.69) is 0 Å². The molecule has 6 nitrogen and oxygen atoms in total. The summed E-state index contributed by atoms with van der Waals surface area (Å²) >= 11 is 0. The molecule has 0 aromatic carbocycles. The first-order valence-corrected chi connectivity index (χ1v) is 8.78. The molecule has 0 N–H and O–H groups in total. The van der Waals surface area contributed by atoms with Gasteiger partial charge in [-0.15, -0.1) is 0 Å². The van der Waals surface area contributed by atoms with Crippen molar-refractivity contribution in [3.8, 4) is 0 Å². The smallest absolute Gasteiger partial charge is 0.219 e. The van der Waals surface area contributed by atoms with E-state index in [0.29, 0.717) is 26.3 Å². The molecule has 0 saturated carbocycles. The fourth-order valence-electron chi connectivity index (χ4n) is 3.37. The van der Waals surface area contributed by atoms with E-state index in [1.54, 1.807) is 6.92 Å². The summed E-state index contributed by atoms with van der Waals surface area (Å²) in [5, 5.41) is 0. The molecular formula is C18H33NO5. The van der Waals surface area contributed by atoms with Gasteiger partial charge >= 0.3 is 0 Å². The van der Waals surface area contributed by atoms with E-state index in [9.17, 15) is 4.79 Å². The third kappa shape index (κ3) is 5.15. The highest BCUT2D eigenvalue weighted by molar-refractivity contribution is 5.73. The van der Waals surface area contributed by atoms with Gasteiger partial charge in [0.1, 0.15) is 0 Å². The Labute approximate surface area is 145 Å². The van der Waals surface area contributed by atoms with Crippen LogP contribution in [0.25, 0.3) is 0 Å². The van der Waals surface area contributed by atoms with E-state index in [0.717, 1.165) is 12.8 Å². The van der Waals surface area contributed by atoms with Crippen LogP contribution in [0, 0.1) is 0 Å². The summed E-state index contributed by atoms with van der Waals surface area (Å²) in [5.74, 6) is -1.04. The average Bonchev–Trinajstić information content (AvgIpc) is 2.85.